The molecule has 7 heteroatoms. The van der Waals surface area contributed by atoms with Gasteiger partial charge in [0, 0.05) is 42.4 Å². The van der Waals surface area contributed by atoms with Gasteiger partial charge in [-0.2, -0.15) is 0 Å². The van der Waals surface area contributed by atoms with E-state index in [9.17, 15) is 18.0 Å². The van der Waals surface area contributed by atoms with Crippen LogP contribution in [-0.2, 0) is 11.3 Å². The van der Waals surface area contributed by atoms with Gasteiger partial charge in [-0.3, -0.25) is 9.78 Å². The Morgan fingerprint density at radius 3 is 2.64 bits per heavy atom. The first-order chi connectivity index (χ1) is 13.3. The minimum Gasteiger partial charge on any atom is -0.405 e. The fourth-order valence-corrected chi connectivity index (χ4v) is 2.74. The Hall–Kier alpha value is -3.35. The number of para-hydroxylation sites is 2. The number of carbonyl (C=O) groups is 1. The van der Waals surface area contributed by atoms with Crippen LogP contribution in [-0.4, -0.2) is 29.2 Å². The molecule has 4 nitrogen and oxygen atoms in total. The van der Waals surface area contributed by atoms with Crippen molar-refractivity contribution in [3.05, 3.63) is 78.0 Å². The summed E-state index contributed by atoms with van der Waals surface area (Å²) in [5, 5.41) is 0.948. The van der Waals surface area contributed by atoms with Crippen molar-refractivity contribution in [2.24, 2.45) is 0 Å². The molecule has 0 bridgehead atoms. The van der Waals surface area contributed by atoms with Gasteiger partial charge in [0.2, 0.25) is 5.91 Å². The van der Waals surface area contributed by atoms with Crippen LogP contribution in [0.2, 0.25) is 0 Å². The highest BCUT2D eigenvalue weighted by Crippen LogP contribution is 2.27. The van der Waals surface area contributed by atoms with Gasteiger partial charge in [-0.15, -0.1) is 13.2 Å². The molecule has 0 aliphatic carbocycles. The lowest BCUT2D eigenvalue weighted by Gasteiger charge is -2.18. The molecule has 0 N–H and O–H groups in total. The van der Waals surface area contributed by atoms with Gasteiger partial charge >= 0.3 is 6.36 Å². The highest BCUT2D eigenvalue weighted by Gasteiger charge is 2.32. The summed E-state index contributed by atoms with van der Waals surface area (Å²) in [7, 11) is 1.51. The van der Waals surface area contributed by atoms with Gasteiger partial charge < -0.3 is 9.64 Å². The van der Waals surface area contributed by atoms with E-state index in [1.807, 2.05) is 30.3 Å². The van der Waals surface area contributed by atoms with E-state index < -0.39 is 6.36 Å². The van der Waals surface area contributed by atoms with Gasteiger partial charge in [-0.05, 0) is 18.2 Å². The molecule has 0 saturated carbocycles. The summed E-state index contributed by atoms with van der Waals surface area (Å²) in [5.41, 5.74) is 1.80. The summed E-state index contributed by atoms with van der Waals surface area (Å²) >= 11 is 0. The Bertz CT molecular complexity index is 1010. The summed E-state index contributed by atoms with van der Waals surface area (Å²) in [6.07, 6.45) is -0.103. The fraction of sp³-hybridized carbons (Fsp3) is 0.143. The molecule has 0 radical (unpaired) electrons. The molecule has 1 aromatic heterocycles. The Kier molecular flexibility index (Phi) is 5.63. The van der Waals surface area contributed by atoms with E-state index in [0.29, 0.717) is 0 Å². The lowest BCUT2D eigenvalue weighted by atomic mass is 10.1. The second-order valence-corrected chi connectivity index (χ2v) is 6.11. The number of amides is 1. The largest absolute Gasteiger partial charge is 0.573 e. The Morgan fingerprint density at radius 1 is 1.11 bits per heavy atom. The molecule has 1 heterocycles. The average molecular weight is 386 g/mol. The monoisotopic (exact) mass is 386 g/mol. The number of halogens is 3. The maximum absolute atomic E-state index is 12.5. The Balaban J connectivity index is 1.74. The quantitative estimate of drug-likeness (QED) is 0.592. The second-order valence-electron chi connectivity index (χ2n) is 6.11. The standard InChI is InChI=1S/C21H17F3N2O2/c1-26(14-17-6-2-3-10-18(17)28-21(22,23)24)19(27)12-11-16-8-4-7-15-9-5-13-25-20(15)16/h2-13H,14H2,1H3/b12-11+. The normalized spacial score (nSPS) is 11.7. The fourth-order valence-electron chi connectivity index (χ4n) is 2.74. The maximum Gasteiger partial charge on any atom is 0.573 e. The van der Waals surface area contributed by atoms with Crippen LogP contribution in [0.1, 0.15) is 11.1 Å². The Labute approximate surface area is 159 Å². The van der Waals surface area contributed by atoms with Gasteiger partial charge in [-0.25, -0.2) is 0 Å². The summed E-state index contributed by atoms with van der Waals surface area (Å²) in [5.74, 6) is -0.674. The van der Waals surface area contributed by atoms with Crippen molar-refractivity contribution in [3.63, 3.8) is 0 Å². The number of hydrogen-bond donors (Lipinski definition) is 0. The number of nitrogens with zero attached hydrogens (tertiary/aromatic N) is 2. The molecular formula is C21H17F3N2O2. The number of benzene rings is 2. The Morgan fingerprint density at radius 2 is 1.86 bits per heavy atom. The van der Waals surface area contributed by atoms with Gasteiger partial charge in [0.15, 0.2) is 0 Å². The predicted molar refractivity (Wildman–Crippen MR) is 100 cm³/mol. The van der Waals surface area contributed by atoms with E-state index in [-0.39, 0.29) is 23.8 Å². The summed E-state index contributed by atoms with van der Waals surface area (Å²) in [4.78, 5) is 18.0. The topological polar surface area (TPSA) is 42.4 Å². The zero-order valence-electron chi connectivity index (χ0n) is 15.0. The molecule has 1 amide bonds. The number of pyridine rings is 1. The molecule has 0 fully saturated rings. The molecule has 2 aromatic carbocycles. The maximum atomic E-state index is 12.5. The van der Waals surface area contributed by atoms with Gasteiger partial charge in [0.25, 0.3) is 0 Å². The van der Waals surface area contributed by atoms with Crippen LogP contribution in [0.3, 0.4) is 0 Å². The molecule has 0 spiro atoms. The molecule has 0 saturated heterocycles. The minimum absolute atomic E-state index is 0.0246. The lowest BCUT2D eigenvalue weighted by molar-refractivity contribution is -0.275. The van der Waals surface area contributed by atoms with Crippen molar-refractivity contribution in [1.82, 2.24) is 9.88 Å². The van der Waals surface area contributed by atoms with E-state index in [1.165, 1.54) is 36.2 Å². The number of fused-ring (bicyclic) bond motifs is 1. The van der Waals surface area contributed by atoms with Crippen LogP contribution in [0.5, 0.6) is 5.75 Å². The van der Waals surface area contributed by atoms with Crippen LogP contribution in [0.4, 0.5) is 13.2 Å². The SMILES string of the molecule is CN(Cc1ccccc1OC(F)(F)F)C(=O)/C=C/c1cccc2cccnc12. The van der Waals surface area contributed by atoms with Crippen molar-refractivity contribution < 1.29 is 22.7 Å². The number of rotatable bonds is 5. The highest BCUT2D eigenvalue weighted by molar-refractivity contribution is 5.95. The summed E-state index contributed by atoms with van der Waals surface area (Å²) in [6, 6.07) is 15.1. The van der Waals surface area contributed by atoms with Gasteiger partial charge in [-0.1, -0.05) is 42.5 Å². The van der Waals surface area contributed by atoms with Crippen LogP contribution in [0, 0.1) is 0 Å². The first-order valence-electron chi connectivity index (χ1n) is 8.44. The van der Waals surface area contributed by atoms with Gasteiger partial charge in [0.1, 0.15) is 5.75 Å². The number of alkyl halides is 3. The number of aromatic nitrogens is 1. The van der Waals surface area contributed by atoms with Crippen LogP contribution in [0.15, 0.2) is 66.9 Å². The third-order valence-electron chi connectivity index (χ3n) is 4.05. The van der Waals surface area contributed by atoms with Crippen LogP contribution >= 0.6 is 0 Å². The summed E-state index contributed by atoms with van der Waals surface area (Å²) in [6.45, 7) is -0.0246. The van der Waals surface area contributed by atoms with Crippen molar-refractivity contribution in [2.45, 2.75) is 12.9 Å². The van der Waals surface area contributed by atoms with Crippen LogP contribution in [0.25, 0.3) is 17.0 Å². The van der Waals surface area contributed by atoms with E-state index in [2.05, 4.69) is 9.72 Å². The molecule has 144 valence electrons. The lowest BCUT2D eigenvalue weighted by Crippen LogP contribution is -2.25. The van der Waals surface area contributed by atoms with Gasteiger partial charge in [0.05, 0.1) is 5.52 Å². The molecule has 0 aliphatic heterocycles. The van der Waals surface area contributed by atoms with E-state index in [0.717, 1.165) is 16.5 Å². The van der Waals surface area contributed by atoms with Crippen LogP contribution < -0.4 is 4.74 Å². The molecule has 0 aliphatic rings. The summed E-state index contributed by atoms with van der Waals surface area (Å²) < 4.78 is 41.6. The number of carbonyl (C=O) groups excluding carboxylic acids is 1. The molecule has 0 unspecified atom stereocenters. The number of ether oxygens (including phenoxy) is 1. The van der Waals surface area contributed by atoms with E-state index in [1.54, 1.807) is 18.3 Å². The zero-order valence-corrected chi connectivity index (χ0v) is 15.0. The number of hydrogen-bond acceptors (Lipinski definition) is 3. The third kappa shape index (κ3) is 4.88. The second kappa shape index (κ2) is 8.12. The molecule has 0 atom stereocenters. The molecule has 28 heavy (non-hydrogen) atoms. The smallest absolute Gasteiger partial charge is 0.405 e. The molecular weight excluding hydrogens is 369 g/mol. The molecule has 3 rings (SSSR count). The van der Waals surface area contributed by atoms with E-state index >= 15 is 0 Å². The third-order valence-corrected chi connectivity index (χ3v) is 4.05. The van der Waals surface area contributed by atoms with Crippen molar-refractivity contribution in [2.75, 3.05) is 7.05 Å². The minimum atomic E-state index is -4.79. The van der Waals surface area contributed by atoms with Crippen molar-refractivity contribution in [1.29, 1.82) is 0 Å². The zero-order chi connectivity index (χ0) is 20.1. The highest BCUT2D eigenvalue weighted by atomic mass is 19.4. The van der Waals surface area contributed by atoms with Crippen molar-refractivity contribution in [3.8, 4) is 5.75 Å². The first kappa shape index (κ1) is 19.4. The molecule has 3 aromatic rings. The van der Waals surface area contributed by atoms with E-state index in [4.69, 9.17) is 0 Å². The van der Waals surface area contributed by atoms with Crippen molar-refractivity contribution >= 4 is 22.9 Å². The predicted octanol–water partition coefficient (Wildman–Crippen LogP) is 4.81. The first-order valence-corrected chi connectivity index (χ1v) is 8.44. The number of likely N-dealkylation sites (N-methyl/N-ethyl adjacent to an activating group) is 1. The average Bonchev–Trinajstić information content (AvgIpc) is 2.66.